The third-order valence-electron chi connectivity index (χ3n) is 6.34. The number of nitrogens with zero attached hydrogens (tertiary/aromatic N) is 6. The summed E-state index contributed by atoms with van der Waals surface area (Å²) >= 11 is 0. The molecule has 1 spiro atoms. The van der Waals surface area contributed by atoms with Gasteiger partial charge in [-0.2, -0.15) is 0 Å². The molecule has 1 atom stereocenters. The van der Waals surface area contributed by atoms with Gasteiger partial charge in [-0.3, -0.25) is 4.90 Å². The third kappa shape index (κ3) is 3.75. The molecule has 8 nitrogen and oxygen atoms in total. The summed E-state index contributed by atoms with van der Waals surface area (Å²) in [7, 11) is 3.98. The number of fused-ring (bicyclic) bond motifs is 2. The highest BCUT2D eigenvalue weighted by Gasteiger charge is 2.45. The predicted octanol–water partition coefficient (Wildman–Crippen LogP) is 1.45. The summed E-state index contributed by atoms with van der Waals surface area (Å²) < 4.78 is 11.4. The van der Waals surface area contributed by atoms with E-state index >= 15 is 0 Å². The van der Waals surface area contributed by atoms with Gasteiger partial charge in [-0.15, -0.1) is 0 Å². The van der Waals surface area contributed by atoms with Crippen molar-refractivity contribution in [3.05, 3.63) is 41.3 Å². The van der Waals surface area contributed by atoms with E-state index in [0.29, 0.717) is 6.61 Å². The standard InChI is InChI=1S/C22H30N6O2/c1-26(2)21-23-12-17-14-30-16-22(20(17)25-21)6-7-27(15-22)13-18-4-3-5-19(24-18)28-8-10-29-11-9-28/h3-5,12H,6-11,13-16H2,1-2H3. The largest absolute Gasteiger partial charge is 0.378 e. The third-order valence-corrected chi connectivity index (χ3v) is 6.34. The van der Waals surface area contributed by atoms with Crippen LogP contribution in [-0.2, 0) is 28.0 Å². The van der Waals surface area contributed by atoms with Crippen molar-refractivity contribution in [3.63, 3.8) is 0 Å². The lowest BCUT2D eigenvalue weighted by molar-refractivity contribution is 0.0502. The van der Waals surface area contributed by atoms with Crippen LogP contribution in [0.5, 0.6) is 0 Å². The van der Waals surface area contributed by atoms with Crippen LogP contribution in [0.3, 0.4) is 0 Å². The number of hydrogen-bond acceptors (Lipinski definition) is 8. The molecule has 0 amide bonds. The van der Waals surface area contributed by atoms with Gasteiger partial charge in [0, 0.05) is 52.0 Å². The van der Waals surface area contributed by atoms with Crippen LogP contribution in [0.4, 0.5) is 11.8 Å². The van der Waals surface area contributed by atoms with E-state index in [4.69, 9.17) is 19.4 Å². The lowest BCUT2D eigenvalue weighted by Gasteiger charge is -2.35. The van der Waals surface area contributed by atoms with Crippen LogP contribution < -0.4 is 9.80 Å². The zero-order valence-electron chi connectivity index (χ0n) is 17.9. The van der Waals surface area contributed by atoms with E-state index < -0.39 is 0 Å². The molecule has 0 bridgehead atoms. The fraction of sp³-hybridized carbons (Fsp3) is 0.591. The Bertz CT molecular complexity index is 901. The van der Waals surface area contributed by atoms with Crippen LogP contribution >= 0.6 is 0 Å². The van der Waals surface area contributed by atoms with Crippen molar-refractivity contribution in [2.45, 2.75) is 25.0 Å². The molecule has 5 rings (SSSR count). The average molecular weight is 411 g/mol. The summed E-state index contributed by atoms with van der Waals surface area (Å²) in [6.07, 6.45) is 2.99. The van der Waals surface area contributed by atoms with Crippen LogP contribution in [-0.4, -0.2) is 79.9 Å². The lowest BCUT2D eigenvalue weighted by atomic mass is 9.80. The van der Waals surface area contributed by atoms with Gasteiger partial charge in [0.05, 0.1) is 43.2 Å². The minimum absolute atomic E-state index is 0.0525. The molecule has 0 N–H and O–H groups in total. The second-order valence-electron chi connectivity index (χ2n) is 8.76. The molecule has 2 fully saturated rings. The summed E-state index contributed by atoms with van der Waals surface area (Å²) in [4.78, 5) is 21.1. The minimum Gasteiger partial charge on any atom is -0.378 e. The maximum Gasteiger partial charge on any atom is 0.225 e. The number of aromatic nitrogens is 3. The molecular weight excluding hydrogens is 380 g/mol. The Morgan fingerprint density at radius 1 is 1.10 bits per heavy atom. The Morgan fingerprint density at radius 2 is 1.97 bits per heavy atom. The van der Waals surface area contributed by atoms with E-state index in [1.807, 2.05) is 25.2 Å². The Hall–Kier alpha value is -2.29. The van der Waals surface area contributed by atoms with Crippen LogP contribution in [0.1, 0.15) is 23.4 Å². The van der Waals surface area contributed by atoms with E-state index in [9.17, 15) is 0 Å². The van der Waals surface area contributed by atoms with E-state index in [2.05, 4.69) is 33.0 Å². The van der Waals surface area contributed by atoms with Crippen LogP contribution in [0, 0.1) is 0 Å². The first-order valence-electron chi connectivity index (χ1n) is 10.8. The Labute approximate surface area is 177 Å². The van der Waals surface area contributed by atoms with Crippen LogP contribution in [0.15, 0.2) is 24.4 Å². The Morgan fingerprint density at radius 3 is 2.80 bits per heavy atom. The molecule has 2 saturated heterocycles. The van der Waals surface area contributed by atoms with E-state index in [1.54, 1.807) is 0 Å². The molecule has 0 saturated carbocycles. The second kappa shape index (κ2) is 8.09. The number of likely N-dealkylation sites (tertiary alicyclic amines) is 1. The van der Waals surface area contributed by atoms with Gasteiger partial charge in [-0.1, -0.05) is 6.07 Å². The lowest BCUT2D eigenvalue weighted by Crippen LogP contribution is -2.40. The smallest absolute Gasteiger partial charge is 0.225 e. The van der Waals surface area contributed by atoms with E-state index in [1.165, 1.54) is 5.69 Å². The highest BCUT2D eigenvalue weighted by atomic mass is 16.5. The highest BCUT2D eigenvalue weighted by molar-refractivity contribution is 5.40. The first-order valence-corrected chi connectivity index (χ1v) is 10.8. The Kier molecular flexibility index (Phi) is 5.30. The van der Waals surface area contributed by atoms with E-state index in [-0.39, 0.29) is 5.41 Å². The molecule has 5 heterocycles. The predicted molar refractivity (Wildman–Crippen MR) is 115 cm³/mol. The zero-order valence-corrected chi connectivity index (χ0v) is 17.9. The fourth-order valence-electron chi connectivity index (χ4n) is 4.76. The van der Waals surface area contributed by atoms with Gasteiger partial charge in [0.25, 0.3) is 0 Å². The van der Waals surface area contributed by atoms with Crippen molar-refractivity contribution >= 4 is 11.8 Å². The molecule has 1 unspecified atom stereocenters. The number of rotatable bonds is 4. The van der Waals surface area contributed by atoms with Crippen molar-refractivity contribution in [2.24, 2.45) is 0 Å². The fourth-order valence-corrected chi connectivity index (χ4v) is 4.76. The highest BCUT2D eigenvalue weighted by Crippen LogP contribution is 2.39. The number of ether oxygens (including phenoxy) is 2. The van der Waals surface area contributed by atoms with Crippen molar-refractivity contribution in [3.8, 4) is 0 Å². The van der Waals surface area contributed by atoms with Crippen molar-refractivity contribution in [2.75, 3.05) is 69.9 Å². The van der Waals surface area contributed by atoms with Gasteiger partial charge >= 0.3 is 0 Å². The van der Waals surface area contributed by atoms with Gasteiger partial charge in [-0.25, -0.2) is 15.0 Å². The summed E-state index contributed by atoms with van der Waals surface area (Å²) in [6.45, 7) is 7.50. The first-order chi connectivity index (χ1) is 14.6. The average Bonchev–Trinajstić information content (AvgIpc) is 3.17. The Balaban J connectivity index is 1.33. The molecule has 0 aliphatic carbocycles. The maximum atomic E-state index is 5.98. The second-order valence-corrected chi connectivity index (χ2v) is 8.76. The topological polar surface area (TPSA) is 66.9 Å². The monoisotopic (exact) mass is 410 g/mol. The number of hydrogen-bond donors (Lipinski definition) is 0. The van der Waals surface area contributed by atoms with Crippen molar-refractivity contribution in [1.82, 2.24) is 19.9 Å². The normalized spacial score (nSPS) is 24.3. The van der Waals surface area contributed by atoms with Gasteiger partial charge in [0.2, 0.25) is 5.95 Å². The van der Waals surface area contributed by atoms with E-state index in [0.717, 1.165) is 82.0 Å². The van der Waals surface area contributed by atoms with Gasteiger partial charge < -0.3 is 19.3 Å². The summed E-state index contributed by atoms with van der Waals surface area (Å²) in [5.74, 6) is 1.83. The molecule has 2 aromatic rings. The molecule has 3 aliphatic heterocycles. The van der Waals surface area contributed by atoms with Crippen molar-refractivity contribution in [1.29, 1.82) is 0 Å². The van der Waals surface area contributed by atoms with Crippen LogP contribution in [0.25, 0.3) is 0 Å². The van der Waals surface area contributed by atoms with Gasteiger partial charge in [0.1, 0.15) is 5.82 Å². The summed E-state index contributed by atoms with van der Waals surface area (Å²) in [5.41, 5.74) is 3.36. The quantitative estimate of drug-likeness (QED) is 0.750. The molecule has 0 radical (unpaired) electrons. The molecule has 2 aromatic heterocycles. The minimum atomic E-state index is -0.0525. The molecule has 0 aromatic carbocycles. The zero-order chi connectivity index (χ0) is 20.6. The molecular formula is C22H30N6O2. The van der Waals surface area contributed by atoms with Gasteiger partial charge in [0.15, 0.2) is 0 Å². The summed E-state index contributed by atoms with van der Waals surface area (Å²) in [5, 5.41) is 0. The first kappa shape index (κ1) is 19.7. The number of morpholine rings is 1. The number of anilines is 2. The van der Waals surface area contributed by atoms with Gasteiger partial charge in [-0.05, 0) is 25.1 Å². The molecule has 3 aliphatic rings. The molecule has 160 valence electrons. The van der Waals surface area contributed by atoms with Crippen molar-refractivity contribution < 1.29 is 9.47 Å². The summed E-state index contributed by atoms with van der Waals surface area (Å²) in [6, 6.07) is 6.35. The molecule has 8 heteroatoms. The van der Waals surface area contributed by atoms with Crippen LogP contribution in [0.2, 0.25) is 0 Å². The molecule has 30 heavy (non-hydrogen) atoms. The SMILES string of the molecule is CN(C)c1ncc2c(n1)C1(CCN(Cc3cccc(N4CCOCC4)n3)C1)COC2. The number of pyridine rings is 1. The maximum absolute atomic E-state index is 5.98.